The molecule has 0 saturated heterocycles. The van der Waals surface area contributed by atoms with Crippen LogP contribution in [0.5, 0.6) is 0 Å². The van der Waals surface area contributed by atoms with E-state index in [2.05, 4.69) is 36.7 Å². The molecule has 132 valence electrons. The maximum absolute atomic E-state index is 12.8. The minimum absolute atomic E-state index is 0.108. The Morgan fingerprint density at radius 3 is 2.29 bits per heavy atom. The summed E-state index contributed by atoms with van der Waals surface area (Å²) in [7, 11) is -1.75. The molecule has 0 amide bonds. The van der Waals surface area contributed by atoms with Gasteiger partial charge in [-0.05, 0) is 48.9 Å². The van der Waals surface area contributed by atoms with Crippen molar-refractivity contribution in [1.29, 1.82) is 0 Å². The van der Waals surface area contributed by atoms with Gasteiger partial charge < -0.3 is 0 Å². The second-order valence-electron chi connectivity index (χ2n) is 7.37. The van der Waals surface area contributed by atoms with Crippen molar-refractivity contribution >= 4 is 10.0 Å². The van der Waals surface area contributed by atoms with Crippen molar-refractivity contribution in [2.24, 2.45) is 7.05 Å². The first kappa shape index (κ1) is 18.7. The summed E-state index contributed by atoms with van der Waals surface area (Å²) in [5, 5.41) is 4.15. The standard InChI is InChI=1S/C18H27N3O2S/c1-12-8-16(18(4,5)6)9-17(13(12)2)24(22,23)20-11-15-10-19-21(7)14(15)3/h8-10,20H,11H2,1-7H3. The molecule has 24 heavy (non-hydrogen) atoms. The molecule has 6 heteroatoms. The molecule has 2 rings (SSSR count). The predicted molar refractivity (Wildman–Crippen MR) is 96.6 cm³/mol. The fourth-order valence-corrected chi connectivity index (χ4v) is 3.85. The number of nitrogens with one attached hydrogen (secondary N) is 1. The van der Waals surface area contributed by atoms with E-state index in [1.807, 2.05) is 27.8 Å². The average molecular weight is 350 g/mol. The van der Waals surface area contributed by atoms with E-state index in [1.54, 1.807) is 16.9 Å². The maximum atomic E-state index is 12.8. The Bertz CT molecular complexity index is 859. The Morgan fingerprint density at radius 1 is 1.17 bits per heavy atom. The number of aryl methyl sites for hydroxylation is 2. The molecule has 0 atom stereocenters. The van der Waals surface area contributed by atoms with Crippen LogP contribution in [0.25, 0.3) is 0 Å². The van der Waals surface area contributed by atoms with Gasteiger partial charge in [0.15, 0.2) is 0 Å². The zero-order chi connectivity index (χ0) is 18.3. The van der Waals surface area contributed by atoms with Crippen LogP contribution < -0.4 is 4.72 Å². The molecular weight excluding hydrogens is 322 g/mol. The van der Waals surface area contributed by atoms with Crippen LogP contribution in [0.2, 0.25) is 0 Å². The second-order valence-corrected chi connectivity index (χ2v) is 9.11. The average Bonchev–Trinajstić information content (AvgIpc) is 2.78. The molecule has 0 spiro atoms. The Hall–Kier alpha value is -1.66. The van der Waals surface area contributed by atoms with Gasteiger partial charge in [-0.15, -0.1) is 0 Å². The van der Waals surface area contributed by atoms with E-state index in [0.717, 1.165) is 27.9 Å². The molecule has 0 bridgehead atoms. The quantitative estimate of drug-likeness (QED) is 0.922. The SMILES string of the molecule is Cc1cc(C(C)(C)C)cc(S(=O)(=O)NCc2cnn(C)c2C)c1C. The molecule has 5 nitrogen and oxygen atoms in total. The fraction of sp³-hybridized carbons (Fsp3) is 0.500. The molecule has 0 aliphatic rings. The molecule has 0 radical (unpaired) electrons. The zero-order valence-electron chi connectivity index (χ0n) is 15.6. The minimum atomic E-state index is -3.59. The number of hydrogen-bond acceptors (Lipinski definition) is 3. The minimum Gasteiger partial charge on any atom is -0.273 e. The van der Waals surface area contributed by atoms with E-state index in [0.29, 0.717) is 4.90 Å². The number of sulfonamides is 1. The lowest BCUT2D eigenvalue weighted by Gasteiger charge is -2.22. The third kappa shape index (κ3) is 3.70. The van der Waals surface area contributed by atoms with E-state index < -0.39 is 10.0 Å². The van der Waals surface area contributed by atoms with Gasteiger partial charge in [-0.3, -0.25) is 4.68 Å². The number of nitrogens with zero attached hydrogens (tertiary/aromatic N) is 2. The smallest absolute Gasteiger partial charge is 0.241 e. The Labute approximate surface area is 145 Å². The highest BCUT2D eigenvalue weighted by Crippen LogP contribution is 2.29. The summed E-state index contributed by atoms with van der Waals surface area (Å²) in [5.74, 6) is 0. The van der Waals surface area contributed by atoms with Gasteiger partial charge in [-0.1, -0.05) is 26.8 Å². The molecule has 1 N–H and O–H groups in total. The highest BCUT2D eigenvalue weighted by Gasteiger charge is 2.23. The molecule has 2 aromatic rings. The second kappa shape index (κ2) is 6.33. The monoisotopic (exact) mass is 349 g/mol. The largest absolute Gasteiger partial charge is 0.273 e. The summed E-state index contributed by atoms with van der Waals surface area (Å²) in [6.07, 6.45) is 1.70. The van der Waals surface area contributed by atoms with Crippen LogP contribution >= 0.6 is 0 Å². The van der Waals surface area contributed by atoms with Crippen LogP contribution in [0.4, 0.5) is 0 Å². The number of aromatic nitrogens is 2. The van der Waals surface area contributed by atoms with E-state index in [9.17, 15) is 8.42 Å². The van der Waals surface area contributed by atoms with Gasteiger partial charge in [-0.25, -0.2) is 13.1 Å². The Morgan fingerprint density at radius 2 is 1.79 bits per heavy atom. The summed E-state index contributed by atoms with van der Waals surface area (Å²) in [4.78, 5) is 0.356. The van der Waals surface area contributed by atoms with Crippen molar-refractivity contribution in [2.45, 2.75) is 58.4 Å². The van der Waals surface area contributed by atoms with E-state index in [1.165, 1.54) is 0 Å². The van der Waals surface area contributed by atoms with Crippen molar-refractivity contribution in [2.75, 3.05) is 0 Å². The van der Waals surface area contributed by atoms with Crippen LogP contribution in [-0.2, 0) is 29.0 Å². The van der Waals surface area contributed by atoms with Crippen molar-refractivity contribution in [1.82, 2.24) is 14.5 Å². The number of hydrogen-bond donors (Lipinski definition) is 1. The van der Waals surface area contributed by atoms with Gasteiger partial charge in [0.05, 0.1) is 11.1 Å². The predicted octanol–water partition coefficient (Wildman–Crippen LogP) is 3.12. The molecule has 1 aromatic carbocycles. The summed E-state index contributed by atoms with van der Waals surface area (Å²) in [5.41, 5.74) is 4.52. The first-order valence-electron chi connectivity index (χ1n) is 8.02. The lowest BCUT2D eigenvalue weighted by Crippen LogP contribution is -2.25. The van der Waals surface area contributed by atoms with Crippen molar-refractivity contribution in [3.8, 4) is 0 Å². The number of benzene rings is 1. The van der Waals surface area contributed by atoms with Gasteiger partial charge >= 0.3 is 0 Å². The van der Waals surface area contributed by atoms with Crippen molar-refractivity contribution < 1.29 is 8.42 Å². The van der Waals surface area contributed by atoms with Gasteiger partial charge in [0, 0.05) is 24.8 Å². The van der Waals surface area contributed by atoms with Crippen LogP contribution in [0, 0.1) is 20.8 Å². The van der Waals surface area contributed by atoms with Crippen LogP contribution in [0.3, 0.4) is 0 Å². The first-order chi connectivity index (χ1) is 10.9. The number of rotatable bonds is 4. The summed E-state index contributed by atoms with van der Waals surface area (Å²) in [6, 6.07) is 3.86. The molecule has 0 aliphatic carbocycles. The molecule has 0 unspecified atom stereocenters. The molecule has 1 aromatic heterocycles. The van der Waals surface area contributed by atoms with Crippen LogP contribution in [-0.4, -0.2) is 18.2 Å². The van der Waals surface area contributed by atoms with Gasteiger partial charge in [0.25, 0.3) is 0 Å². The summed E-state index contributed by atoms with van der Waals surface area (Å²) >= 11 is 0. The molecule has 0 fully saturated rings. The van der Waals surface area contributed by atoms with Crippen molar-refractivity contribution in [3.63, 3.8) is 0 Å². The van der Waals surface area contributed by atoms with E-state index in [-0.39, 0.29) is 12.0 Å². The van der Waals surface area contributed by atoms with Gasteiger partial charge in [-0.2, -0.15) is 5.10 Å². The normalized spacial score (nSPS) is 12.6. The lowest BCUT2D eigenvalue weighted by molar-refractivity contribution is 0.574. The first-order valence-corrected chi connectivity index (χ1v) is 9.50. The molecule has 0 saturated carbocycles. The van der Waals surface area contributed by atoms with E-state index in [4.69, 9.17) is 0 Å². The lowest BCUT2D eigenvalue weighted by atomic mass is 9.85. The molecule has 1 heterocycles. The van der Waals surface area contributed by atoms with Gasteiger partial charge in [0.2, 0.25) is 10.0 Å². The summed E-state index contributed by atoms with van der Waals surface area (Å²) < 4.78 is 30.1. The van der Waals surface area contributed by atoms with Gasteiger partial charge in [0.1, 0.15) is 0 Å². The fourth-order valence-electron chi connectivity index (χ4n) is 2.51. The zero-order valence-corrected chi connectivity index (χ0v) is 16.4. The maximum Gasteiger partial charge on any atom is 0.241 e. The summed E-state index contributed by atoms with van der Waals surface area (Å²) in [6.45, 7) is 12.2. The Balaban J connectivity index is 2.38. The van der Waals surface area contributed by atoms with E-state index >= 15 is 0 Å². The topological polar surface area (TPSA) is 64.0 Å². The third-order valence-electron chi connectivity index (χ3n) is 4.56. The third-order valence-corrected chi connectivity index (χ3v) is 6.09. The molecule has 0 aliphatic heterocycles. The highest BCUT2D eigenvalue weighted by atomic mass is 32.2. The van der Waals surface area contributed by atoms with Crippen LogP contribution in [0.15, 0.2) is 23.2 Å². The Kier molecular flexibility index (Phi) is 4.93. The van der Waals surface area contributed by atoms with Crippen LogP contribution in [0.1, 0.15) is 48.7 Å². The molecular formula is C18H27N3O2S. The van der Waals surface area contributed by atoms with Crippen molar-refractivity contribution in [3.05, 3.63) is 46.3 Å². The highest BCUT2D eigenvalue weighted by molar-refractivity contribution is 7.89.